The number of hydrogen-bond acceptors (Lipinski definition) is 7. The van der Waals surface area contributed by atoms with E-state index in [-0.39, 0.29) is 6.04 Å². The number of alkyl halides is 1. The van der Waals surface area contributed by atoms with Crippen LogP contribution < -0.4 is 15.4 Å². The zero-order chi connectivity index (χ0) is 18.4. The van der Waals surface area contributed by atoms with Crippen LogP contribution in [0.2, 0.25) is 0 Å². The zero-order valence-electron chi connectivity index (χ0n) is 14.9. The van der Waals surface area contributed by atoms with Crippen LogP contribution in [0.15, 0.2) is 24.7 Å². The van der Waals surface area contributed by atoms with Crippen molar-refractivity contribution in [2.75, 3.05) is 25.5 Å². The van der Waals surface area contributed by atoms with Crippen molar-refractivity contribution >= 4 is 11.6 Å². The van der Waals surface area contributed by atoms with E-state index in [0.717, 1.165) is 35.5 Å². The molecule has 2 atom stereocenters. The van der Waals surface area contributed by atoms with E-state index in [1.54, 1.807) is 24.0 Å². The fraction of sp³-hybridized carbons (Fsp3) is 0.444. The first-order chi connectivity index (χ1) is 13.2. The van der Waals surface area contributed by atoms with Gasteiger partial charge in [0.05, 0.1) is 42.5 Å². The van der Waals surface area contributed by atoms with Crippen LogP contribution in [0.3, 0.4) is 0 Å². The summed E-state index contributed by atoms with van der Waals surface area (Å²) < 4.78 is 21.0. The monoisotopic (exact) mass is 369 g/mol. The largest absolute Gasteiger partial charge is 0.493 e. The Hall–Kier alpha value is -2.81. The number of aromatic nitrogens is 5. The molecule has 0 spiro atoms. The van der Waals surface area contributed by atoms with Gasteiger partial charge in [-0.3, -0.25) is 0 Å². The van der Waals surface area contributed by atoms with Crippen LogP contribution in [0.5, 0.6) is 5.75 Å². The van der Waals surface area contributed by atoms with E-state index in [1.807, 2.05) is 12.3 Å². The van der Waals surface area contributed by atoms with Crippen molar-refractivity contribution < 1.29 is 9.13 Å². The number of rotatable bonds is 5. The molecule has 0 amide bonds. The first-order valence-electron chi connectivity index (χ1n) is 9.10. The molecule has 27 heavy (non-hydrogen) atoms. The van der Waals surface area contributed by atoms with Gasteiger partial charge in [0.25, 0.3) is 0 Å². The maximum absolute atomic E-state index is 13.8. The van der Waals surface area contributed by atoms with E-state index in [0.29, 0.717) is 30.6 Å². The highest BCUT2D eigenvalue weighted by Gasteiger charge is 2.30. The van der Waals surface area contributed by atoms with Gasteiger partial charge in [-0.05, 0) is 18.9 Å². The normalized spacial score (nSPS) is 22.3. The molecule has 1 saturated carbocycles. The van der Waals surface area contributed by atoms with Gasteiger partial charge in [-0.2, -0.15) is 5.10 Å². The second-order valence-electron chi connectivity index (χ2n) is 6.99. The van der Waals surface area contributed by atoms with Gasteiger partial charge in [-0.25, -0.2) is 23.9 Å². The number of fused-ring (bicyclic) bond motifs is 1. The molecule has 2 N–H and O–H groups in total. The fourth-order valence-corrected chi connectivity index (χ4v) is 3.43. The molecule has 5 rings (SSSR count). The number of nitrogens with zero attached hydrogens (tertiary/aromatic N) is 5. The van der Waals surface area contributed by atoms with Crippen LogP contribution in [0, 0.1) is 0 Å². The lowest BCUT2D eigenvalue weighted by atomic mass is 10.2. The molecule has 1 aliphatic heterocycles. The van der Waals surface area contributed by atoms with Gasteiger partial charge in [0.15, 0.2) is 11.4 Å². The SMILES string of the molecule is COc1cn2ncc(-c3ccnc(NC4CNCC4F)n3)c2nc1C1CC1. The second-order valence-corrected chi connectivity index (χ2v) is 6.99. The highest BCUT2D eigenvalue weighted by Crippen LogP contribution is 2.43. The van der Waals surface area contributed by atoms with Crippen molar-refractivity contribution in [1.82, 2.24) is 29.9 Å². The summed E-state index contributed by atoms with van der Waals surface area (Å²) in [6.07, 6.45) is 6.56. The third-order valence-corrected chi connectivity index (χ3v) is 5.06. The highest BCUT2D eigenvalue weighted by molar-refractivity contribution is 5.75. The Bertz CT molecular complexity index is 987. The number of hydrogen-bond donors (Lipinski definition) is 2. The first kappa shape index (κ1) is 16.4. The predicted molar refractivity (Wildman–Crippen MR) is 97.7 cm³/mol. The summed E-state index contributed by atoms with van der Waals surface area (Å²) in [7, 11) is 1.65. The van der Waals surface area contributed by atoms with E-state index < -0.39 is 6.17 Å². The van der Waals surface area contributed by atoms with Crippen molar-refractivity contribution in [3.05, 3.63) is 30.4 Å². The Kier molecular flexibility index (Phi) is 3.89. The number of halogens is 1. The van der Waals surface area contributed by atoms with Gasteiger partial charge in [0, 0.05) is 25.2 Å². The fourth-order valence-electron chi connectivity index (χ4n) is 3.43. The molecule has 1 saturated heterocycles. The number of anilines is 1. The molecule has 0 bridgehead atoms. The van der Waals surface area contributed by atoms with Crippen molar-refractivity contribution in [2.45, 2.75) is 31.0 Å². The predicted octanol–water partition coefficient (Wildman–Crippen LogP) is 1.79. The summed E-state index contributed by atoms with van der Waals surface area (Å²) in [6, 6.07) is 1.48. The summed E-state index contributed by atoms with van der Waals surface area (Å²) in [6.45, 7) is 0.901. The van der Waals surface area contributed by atoms with Crippen LogP contribution in [0.4, 0.5) is 10.3 Å². The lowest BCUT2D eigenvalue weighted by Crippen LogP contribution is -2.30. The third-order valence-electron chi connectivity index (χ3n) is 5.06. The number of ether oxygens (including phenoxy) is 1. The smallest absolute Gasteiger partial charge is 0.223 e. The minimum atomic E-state index is -0.954. The quantitative estimate of drug-likeness (QED) is 0.709. The van der Waals surface area contributed by atoms with Crippen LogP contribution in [-0.4, -0.2) is 57.0 Å². The van der Waals surface area contributed by atoms with Gasteiger partial charge in [-0.1, -0.05) is 0 Å². The van der Waals surface area contributed by atoms with Gasteiger partial charge in [-0.15, -0.1) is 0 Å². The van der Waals surface area contributed by atoms with Crippen LogP contribution in [0.1, 0.15) is 24.5 Å². The summed E-state index contributed by atoms with van der Waals surface area (Å²) >= 11 is 0. The second kappa shape index (κ2) is 6.41. The Labute approximate surface area is 155 Å². The minimum absolute atomic E-state index is 0.326. The van der Waals surface area contributed by atoms with Crippen molar-refractivity contribution in [1.29, 1.82) is 0 Å². The molecule has 9 heteroatoms. The topological polar surface area (TPSA) is 89.3 Å². The molecule has 140 valence electrons. The number of methoxy groups -OCH3 is 1. The molecule has 4 heterocycles. The Morgan fingerprint density at radius 1 is 1.30 bits per heavy atom. The molecule has 3 aromatic heterocycles. The highest BCUT2D eigenvalue weighted by atomic mass is 19.1. The lowest BCUT2D eigenvalue weighted by Gasteiger charge is -2.14. The average Bonchev–Trinajstić information content (AvgIpc) is 3.34. The van der Waals surface area contributed by atoms with E-state index >= 15 is 0 Å². The molecular formula is C18H20FN7O. The summed E-state index contributed by atoms with van der Waals surface area (Å²) in [5.74, 6) is 1.61. The zero-order valence-corrected chi connectivity index (χ0v) is 14.9. The molecular weight excluding hydrogens is 349 g/mol. The molecule has 2 fully saturated rings. The molecule has 8 nitrogen and oxygen atoms in total. The van der Waals surface area contributed by atoms with Gasteiger partial charge in [0.1, 0.15) is 6.17 Å². The van der Waals surface area contributed by atoms with E-state index in [1.165, 1.54) is 0 Å². The molecule has 0 aromatic carbocycles. The Morgan fingerprint density at radius 2 is 2.19 bits per heavy atom. The average molecular weight is 369 g/mol. The van der Waals surface area contributed by atoms with Gasteiger partial charge in [0.2, 0.25) is 5.95 Å². The maximum atomic E-state index is 13.8. The summed E-state index contributed by atoms with van der Waals surface area (Å²) in [5, 5.41) is 10.5. The molecule has 3 aromatic rings. The van der Waals surface area contributed by atoms with Crippen molar-refractivity contribution in [2.24, 2.45) is 0 Å². The lowest BCUT2D eigenvalue weighted by molar-refractivity contribution is 0.342. The maximum Gasteiger partial charge on any atom is 0.223 e. The van der Waals surface area contributed by atoms with Crippen molar-refractivity contribution in [3.8, 4) is 17.0 Å². The molecule has 1 aliphatic carbocycles. The van der Waals surface area contributed by atoms with Crippen LogP contribution in [0.25, 0.3) is 16.9 Å². The molecule has 2 unspecified atom stereocenters. The minimum Gasteiger partial charge on any atom is -0.493 e. The van der Waals surface area contributed by atoms with E-state index in [4.69, 9.17) is 9.72 Å². The Morgan fingerprint density at radius 3 is 2.93 bits per heavy atom. The van der Waals surface area contributed by atoms with Gasteiger partial charge < -0.3 is 15.4 Å². The van der Waals surface area contributed by atoms with E-state index in [2.05, 4.69) is 25.7 Å². The molecule has 2 aliphatic rings. The standard InChI is InChI=1S/C18H20FN7O/c1-27-15-9-26-17(25-16(15)10-2-3-10)11(6-22-26)13-4-5-21-18(23-13)24-14-8-20-7-12(14)19/h4-6,9-10,12,14,20H,2-3,7-8H2,1H3,(H,21,23,24). The van der Waals surface area contributed by atoms with Crippen LogP contribution >= 0.6 is 0 Å². The van der Waals surface area contributed by atoms with Crippen molar-refractivity contribution in [3.63, 3.8) is 0 Å². The van der Waals surface area contributed by atoms with Crippen LogP contribution in [-0.2, 0) is 0 Å². The third kappa shape index (κ3) is 2.97. The molecule has 0 radical (unpaired) electrons. The number of nitrogens with one attached hydrogen (secondary N) is 2. The first-order valence-corrected chi connectivity index (χ1v) is 9.10. The Balaban J connectivity index is 1.51. The van der Waals surface area contributed by atoms with Gasteiger partial charge >= 0.3 is 0 Å². The van der Waals surface area contributed by atoms with E-state index in [9.17, 15) is 4.39 Å². The summed E-state index contributed by atoms with van der Waals surface area (Å²) in [5.41, 5.74) is 3.21. The summed E-state index contributed by atoms with van der Waals surface area (Å²) in [4.78, 5) is 13.6.